The van der Waals surface area contributed by atoms with Crippen LogP contribution in [0.2, 0.25) is 0 Å². The fourth-order valence-corrected chi connectivity index (χ4v) is 2.02. The van der Waals surface area contributed by atoms with Crippen LogP contribution < -0.4 is 15.8 Å². The van der Waals surface area contributed by atoms with Crippen LogP contribution in [0.5, 0.6) is 5.75 Å². The molecule has 1 amide bonds. The summed E-state index contributed by atoms with van der Waals surface area (Å²) in [6.07, 6.45) is 1.65. The molecule has 106 valence electrons. The van der Waals surface area contributed by atoms with Crippen molar-refractivity contribution in [3.63, 3.8) is 0 Å². The summed E-state index contributed by atoms with van der Waals surface area (Å²) in [7, 11) is 3.40. The molecule has 0 fully saturated rings. The molecule has 0 saturated carbocycles. The van der Waals surface area contributed by atoms with E-state index >= 15 is 0 Å². The molecular formula is C14H18N4O2. The third-order valence-corrected chi connectivity index (χ3v) is 3.28. The Bertz CT molecular complexity index is 621. The summed E-state index contributed by atoms with van der Waals surface area (Å²) < 4.78 is 6.97. The van der Waals surface area contributed by atoms with Gasteiger partial charge in [0.05, 0.1) is 19.0 Å². The number of carbonyl (C=O) groups is 1. The van der Waals surface area contributed by atoms with Crippen molar-refractivity contribution in [3.8, 4) is 5.75 Å². The number of para-hydroxylation sites is 2. The molecule has 6 nitrogen and oxygen atoms in total. The number of nitrogens with zero attached hydrogens (tertiary/aromatic N) is 2. The normalized spacial score (nSPS) is 11.9. The van der Waals surface area contributed by atoms with Crippen LogP contribution in [0.25, 0.3) is 0 Å². The van der Waals surface area contributed by atoms with E-state index in [0.717, 1.165) is 11.3 Å². The molecule has 0 aliphatic heterocycles. The van der Waals surface area contributed by atoms with E-state index in [1.165, 1.54) is 0 Å². The molecule has 1 unspecified atom stereocenters. The molecule has 6 heteroatoms. The minimum Gasteiger partial charge on any atom is -0.495 e. The van der Waals surface area contributed by atoms with Crippen molar-refractivity contribution in [1.29, 1.82) is 0 Å². The summed E-state index contributed by atoms with van der Waals surface area (Å²) in [6.45, 7) is 1.89. The van der Waals surface area contributed by atoms with Gasteiger partial charge in [-0.15, -0.1) is 0 Å². The Labute approximate surface area is 117 Å². The van der Waals surface area contributed by atoms with Gasteiger partial charge in [-0.1, -0.05) is 12.1 Å². The van der Waals surface area contributed by atoms with Crippen LogP contribution in [0.1, 0.15) is 17.3 Å². The molecule has 20 heavy (non-hydrogen) atoms. The summed E-state index contributed by atoms with van der Waals surface area (Å²) in [4.78, 5) is 11.7. The Morgan fingerprint density at radius 1 is 1.45 bits per heavy atom. The van der Waals surface area contributed by atoms with E-state index in [4.69, 9.17) is 10.5 Å². The van der Waals surface area contributed by atoms with Crippen molar-refractivity contribution in [2.75, 3.05) is 12.4 Å². The molecule has 3 N–H and O–H groups in total. The van der Waals surface area contributed by atoms with Crippen LogP contribution in [0.4, 0.5) is 5.69 Å². The number of hydrogen-bond donors (Lipinski definition) is 2. The fraction of sp³-hybridized carbons (Fsp3) is 0.286. The molecule has 2 aromatic rings. The Kier molecular flexibility index (Phi) is 3.93. The van der Waals surface area contributed by atoms with Gasteiger partial charge >= 0.3 is 0 Å². The van der Waals surface area contributed by atoms with Gasteiger partial charge in [-0.05, 0) is 19.1 Å². The quantitative estimate of drug-likeness (QED) is 0.863. The Hall–Kier alpha value is -2.50. The highest BCUT2D eigenvalue weighted by atomic mass is 16.5. The van der Waals surface area contributed by atoms with E-state index in [1.807, 2.05) is 38.2 Å². The average molecular weight is 274 g/mol. The molecule has 0 saturated heterocycles. The van der Waals surface area contributed by atoms with Gasteiger partial charge in [0.1, 0.15) is 11.8 Å². The smallest absolute Gasteiger partial charge is 0.244 e. The van der Waals surface area contributed by atoms with Crippen molar-refractivity contribution in [2.24, 2.45) is 12.8 Å². The monoisotopic (exact) mass is 274 g/mol. The standard InChI is InChI=1S/C14H18N4O2/c1-9-10(8-16-18(9)2)13(14(15)19)17-11-6-4-5-7-12(11)20-3/h4-8,13,17H,1-3H3,(H2,15,19). The second-order valence-electron chi connectivity index (χ2n) is 4.49. The van der Waals surface area contributed by atoms with E-state index in [2.05, 4.69) is 10.4 Å². The second-order valence-corrected chi connectivity index (χ2v) is 4.49. The van der Waals surface area contributed by atoms with E-state index in [1.54, 1.807) is 18.0 Å². The molecule has 1 aromatic heterocycles. The number of carbonyl (C=O) groups excluding carboxylic acids is 1. The summed E-state index contributed by atoms with van der Waals surface area (Å²) in [5, 5.41) is 7.26. The summed E-state index contributed by atoms with van der Waals surface area (Å²) in [5.74, 6) is 0.187. The number of anilines is 1. The van der Waals surface area contributed by atoms with Crippen LogP contribution >= 0.6 is 0 Å². The first-order valence-electron chi connectivity index (χ1n) is 6.22. The predicted molar refractivity (Wildman–Crippen MR) is 76.5 cm³/mol. The zero-order valence-electron chi connectivity index (χ0n) is 11.8. The van der Waals surface area contributed by atoms with Crippen LogP contribution in [-0.2, 0) is 11.8 Å². The largest absolute Gasteiger partial charge is 0.495 e. The van der Waals surface area contributed by atoms with Gasteiger partial charge in [0.15, 0.2) is 0 Å². The maximum absolute atomic E-state index is 11.7. The Morgan fingerprint density at radius 3 is 2.70 bits per heavy atom. The third kappa shape index (κ3) is 2.59. The highest BCUT2D eigenvalue weighted by molar-refractivity contribution is 5.85. The van der Waals surface area contributed by atoms with Gasteiger partial charge in [0, 0.05) is 18.3 Å². The molecule has 0 spiro atoms. The number of amides is 1. The van der Waals surface area contributed by atoms with Gasteiger partial charge in [0.2, 0.25) is 5.91 Å². The molecule has 0 aliphatic rings. The summed E-state index contributed by atoms with van der Waals surface area (Å²) in [5.41, 5.74) is 7.86. The lowest BCUT2D eigenvalue weighted by Crippen LogP contribution is -2.28. The van der Waals surface area contributed by atoms with Crippen molar-refractivity contribution in [3.05, 3.63) is 41.7 Å². The molecule has 1 aromatic carbocycles. The maximum Gasteiger partial charge on any atom is 0.244 e. The molecule has 0 aliphatic carbocycles. The molecule has 0 bridgehead atoms. The number of aromatic nitrogens is 2. The number of nitrogens with two attached hydrogens (primary N) is 1. The minimum atomic E-state index is -0.653. The van der Waals surface area contributed by atoms with E-state index in [0.29, 0.717) is 11.4 Å². The number of hydrogen-bond acceptors (Lipinski definition) is 4. The minimum absolute atomic E-state index is 0.466. The first-order chi connectivity index (χ1) is 9.54. The highest BCUT2D eigenvalue weighted by Gasteiger charge is 2.23. The first-order valence-corrected chi connectivity index (χ1v) is 6.22. The maximum atomic E-state index is 11.7. The third-order valence-electron chi connectivity index (χ3n) is 3.28. The van der Waals surface area contributed by atoms with Gasteiger partial charge < -0.3 is 15.8 Å². The predicted octanol–water partition coefficient (Wildman–Crippen LogP) is 1.38. The number of rotatable bonds is 5. The zero-order valence-corrected chi connectivity index (χ0v) is 11.8. The van der Waals surface area contributed by atoms with Crippen LogP contribution in [-0.4, -0.2) is 22.8 Å². The number of ether oxygens (including phenoxy) is 1. The van der Waals surface area contributed by atoms with E-state index in [-0.39, 0.29) is 0 Å². The summed E-state index contributed by atoms with van der Waals surface area (Å²) in [6, 6.07) is 6.72. The Morgan fingerprint density at radius 2 is 2.15 bits per heavy atom. The SMILES string of the molecule is COc1ccccc1NC(C(N)=O)c1cnn(C)c1C. The summed E-state index contributed by atoms with van der Waals surface area (Å²) >= 11 is 0. The highest BCUT2D eigenvalue weighted by Crippen LogP contribution is 2.28. The zero-order chi connectivity index (χ0) is 14.7. The molecule has 2 rings (SSSR count). The lowest BCUT2D eigenvalue weighted by atomic mass is 10.1. The fourth-order valence-electron chi connectivity index (χ4n) is 2.02. The van der Waals surface area contributed by atoms with Gasteiger partial charge in [0.25, 0.3) is 0 Å². The van der Waals surface area contributed by atoms with Crippen molar-refractivity contribution < 1.29 is 9.53 Å². The Balaban J connectivity index is 2.36. The molecule has 1 heterocycles. The topological polar surface area (TPSA) is 82.2 Å². The first kappa shape index (κ1) is 13.9. The van der Waals surface area contributed by atoms with Gasteiger partial charge in [-0.2, -0.15) is 5.10 Å². The molecule has 1 atom stereocenters. The van der Waals surface area contributed by atoms with E-state index < -0.39 is 11.9 Å². The second kappa shape index (κ2) is 5.64. The van der Waals surface area contributed by atoms with Crippen LogP contribution in [0.3, 0.4) is 0 Å². The van der Waals surface area contributed by atoms with Gasteiger partial charge in [-0.3, -0.25) is 9.48 Å². The average Bonchev–Trinajstić information content (AvgIpc) is 2.76. The number of nitrogens with one attached hydrogen (secondary N) is 1. The molecular weight excluding hydrogens is 256 g/mol. The van der Waals surface area contributed by atoms with Crippen molar-refractivity contribution >= 4 is 11.6 Å². The van der Waals surface area contributed by atoms with Crippen molar-refractivity contribution in [1.82, 2.24) is 9.78 Å². The van der Waals surface area contributed by atoms with Crippen LogP contribution in [0, 0.1) is 6.92 Å². The molecule has 0 radical (unpaired) electrons. The van der Waals surface area contributed by atoms with Crippen molar-refractivity contribution in [2.45, 2.75) is 13.0 Å². The number of aryl methyl sites for hydroxylation is 1. The number of primary amides is 1. The lowest BCUT2D eigenvalue weighted by Gasteiger charge is -2.18. The van der Waals surface area contributed by atoms with Crippen LogP contribution in [0.15, 0.2) is 30.5 Å². The number of methoxy groups -OCH3 is 1. The lowest BCUT2D eigenvalue weighted by molar-refractivity contribution is -0.118. The number of benzene rings is 1. The van der Waals surface area contributed by atoms with E-state index in [9.17, 15) is 4.79 Å². The van der Waals surface area contributed by atoms with Gasteiger partial charge in [-0.25, -0.2) is 0 Å².